The van der Waals surface area contributed by atoms with Crippen molar-refractivity contribution in [3.63, 3.8) is 0 Å². The third-order valence-electron chi connectivity index (χ3n) is 1.32. The van der Waals surface area contributed by atoms with E-state index in [2.05, 4.69) is 10.1 Å². The summed E-state index contributed by atoms with van der Waals surface area (Å²) in [5, 5.41) is 2.35. The molecule has 0 aromatic carbocycles. The lowest BCUT2D eigenvalue weighted by Gasteiger charge is -2.12. The van der Waals surface area contributed by atoms with Crippen molar-refractivity contribution in [1.29, 1.82) is 0 Å². The fourth-order valence-corrected chi connectivity index (χ4v) is 0.869. The molecule has 15 heavy (non-hydrogen) atoms. The minimum absolute atomic E-state index is 0.282. The summed E-state index contributed by atoms with van der Waals surface area (Å²) in [5.41, 5.74) is 0. The third kappa shape index (κ3) is 9.04. The molecule has 0 rings (SSSR count). The van der Waals surface area contributed by atoms with Gasteiger partial charge >= 0.3 is 12.1 Å². The van der Waals surface area contributed by atoms with E-state index in [9.17, 15) is 22.8 Å². The third-order valence-corrected chi connectivity index (χ3v) is 1.32. The van der Waals surface area contributed by atoms with Crippen molar-refractivity contribution in [2.24, 2.45) is 0 Å². The molecule has 0 unspecified atom stereocenters. The van der Waals surface area contributed by atoms with Crippen LogP contribution in [0.5, 0.6) is 0 Å². The molecule has 4 nitrogen and oxygen atoms in total. The van der Waals surface area contributed by atoms with E-state index in [1.165, 1.54) is 13.8 Å². The van der Waals surface area contributed by atoms with Crippen LogP contribution in [-0.2, 0) is 14.3 Å². The predicted molar refractivity (Wildman–Crippen MR) is 44.9 cm³/mol. The quantitative estimate of drug-likeness (QED) is 0.729. The second-order valence-corrected chi connectivity index (χ2v) is 3.08. The maximum absolute atomic E-state index is 11.6. The van der Waals surface area contributed by atoms with E-state index < -0.39 is 24.8 Å². The molecule has 0 aliphatic rings. The number of carbonyl (C=O) groups is 2. The molecule has 0 heterocycles. The first kappa shape index (κ1) is 13.7. The largest absolute Gasteiger partial charge is 0.456 e. The Labute approximate surface area is 84.8 Å². The van der Waals surface area contributed by atoms with Crippen molar-refractivity contribution < 1.29 is 27.5 Å². The highest BCUT2D eigenvalue weighted by Gasteiger charge is 2.29. The van der Waals surface area contributed by atoms with Crippen LogP contribution in [0, 0.1) is 0 Å². The molecule has 0 aromatic heterocycles. The Morgan fingerprint density at radius 3 is 2.33 bits per heavy atom. The number of ether oxygens (including phenoxy) is 1. The maximum Gasteiger partial charge on any atom is 0.422 e. The van der Waals surface area contributed by atoms with Gasteiger partial charge in [0, 0.05) is 13.0 Å². The summed E-state index contributed by atoms with van der Waals surface area (Å²) in [4.78, 5) is 21.3. The summed E-state index contributed by atoms with van der Waals surface area (Å²) < 4.78 is 38.8. The molecule has 1 N–H and O–H groups in total. The summed E-state index contributed by atoms with van der Waals surface area (Å²) in [7, 11) is 0. The smallest absolute Gasteiger partial charge is 0.422 e. The van der Waals surface area contributed by atoms with Crippen LogP contribution >= 0.6 is 0 Å². The van der Waals surface area contributed by atoms with Crippen molar-refractivity contribution in [1.82, 2.24) is 5.32 Å². The summed E-state index contributed by atoms with van der Waals surface area (Å²) in [6.45, 7) is 1.15. The average molecular weight is 227 g/mol. The van der Waals surface area contributed by atoms with Crippen LogP contribution in [0.1, 0.15) is 20.3 Å². The van der Waals surface area contributed by atoms with Gasteiger partial charge in [-0.05, 0) is 6.92 Å². The highest BCUT2D eigenvalue weighted by molar-refractivity contribution is 5.75. The molecular weight excluding hydrogens is 215 g/mol. The predicted octanol–water partition coefficient (Wildman–Crippen LogP) is 1.01. The van der Waals surface area contributed by atoms with Gasteiger partial charge in [0.2, 0.25) is 5.91 Å². The van der Waals surface area contributed by atoms with Crippen LogP contribution in [-0.4, -0.2) is 30.7 Å². The Balaban J connectivity index is 3.79. The summed E-state index contributed by atoms with van der Waals surface area (Å²) >= 11 is 0. The van der Waals surface area contributed by atoms with Gasteiger partial charge in [-0.3, -0.25) is 9.59 Å². The van der Waals surface area contributed by atoms with Gasteiger partial charge in [0.15, 0.2) is 6.61 Å². The Morgan fingerprint density at radius 2 is 1.93 bits per heavy atom. The number of esters is 1. The van der Waals surface area contributed by atoms with Crippen LogP contribution in [0.2, 0.25) is 0 Å². The molecule has 0 saturated heterocycles. The number of alkyl halides is 3. The zero-order chi connectivity index (χ0) is 12.1. The Morgan fingerprint density at radius 1 is 1.40 bits per heavy atom. The first-order valence-electron chi connectivity index (χ1n) is 4.20. The van der Waals surface area contributed by atoms with E-state index in [0.717, 1.165) is 0 Å². The lowest BCUT2D eigenvalue weighted by molar-refractivity contribution is -0.186. The molecule has 1 atom stereocenters. The molecule has 88 valence electrons. The summed E-state index contributed by atoms with van der Waals surface area (Å²) in [6.07, 6.45) is -4.80. The van der Waals surface area contributed by atoms with Crippen molar-refractivity contribution in [3.8, 4) is 0 Å². The standard InChI is InChI=1S/C8H12F3NO3/c1-5(12-6(2)13)3-7(14)15-4-8(9,10)11/h5H,3-4H2,1-2H3,(H,12,13)/t5-/m1/s1. The minimum Gasteiger partial charge on any atom is -0.456 e. The van der Waals surface area contributed by atoms with Gasteiger partial charge < -0.3 is 10.1 Å². The van der Waals surface area contributed by atoms with Gasteiger partial charge in [-0.15, -0.1) is 0 Å². The number of hydrogen-bond acceptors (Lipinski definition) is 3. The van der Waals surface area contributed by atoms with Gasteiger partial charge in [-0.2, -0.15) is 13.2 Å². The Kier molecular flexibility index (Phi) is 5.10. The van der Waals surface area contributed by atoms with Gasteiger partial charge in [-0.25, -0.2) is 0 Å². The SMILES string of the molecule is CC(=O)N[C@H](C)CC(=O)OCC(F)(F)F. The second kappa shape index (κ2) is 5.57. The number of halogens is 3. The number of carbonyl (C=O) groups excluding carboxylic acids is 2. The van der Waals surface area contributed by atoms with Gasteiger partial charge in [0.05, 0.1) is 6.42 Å². The number of hydrogen-bond donors (Lipinski definition) is 1. The van der Waals surface area contributed by atoms with Gasteiger partial charge in [0.25, 0.3) is 0 Å². The van der Waals surface area contributed by atoms with E-state index in [1.807, 2.05) is 0 Å². The summed E-state index contributed by atoms with van der Waals surface area (Å²) in [6, 6.07) is -0.539. The molecular formula is C8H12F3NO3. The van der Waals surface area contributed by atoms with E-state index >= 15 is 0 Å². The van der Waals surface area contributed by atoms with Crippen LogP contribution in [0.3, 0.4) is 0 Å². The molecule has 0 radical (unpaired) electrons. The van der Waals surface area contributed by atoms with Crippen molar-refractivity contribution >= 4 is 11.9 Å². The molecule has 7 heteroatoms. The molecule has 0 aliphatic carbocycles. The molecule has 0 fully saturated rings. The average Bonchev–Trinajstić information content (AvgIpc) is 1.97. The highest BCUT2D eigenvalue weighted by Crippen LogP contribution is 2.14. The second-order valence-electron chi connectivity index (χ2n) is 3.08. The lowest BCUT2D eigenvalue weighted by Crippen LogP contribution is -2.33. The first-order valence-corrected chi connectivity index (χ1v) is 4.20. The number of rotatable bonds is 4. The minimum atomic E-state index is -4.52. The van der Waals surface area contributed by atoms with Gasteiger partial charge in [0.1, 0.15) is 0 Å². The summed E-state index contributed by atoms with van der Waals surface area (Å²) in [5.74, 6) is -1.35. The van der Waals surface area contributed by atoms with Crippen LogP contribution < -0.4 is 5.32 Å². The zero-order valence-electron chi connectivity index (χ0n) is 8.35. The topological polar surface area (TPSA) is 55.4 Å². The normalized spacial score (nSPS) is 13.1. The fourth-order valence-electron chi connectivity index (χ4n) is 0.869. The molecule has 0 bridgehead atoms. The van der Waals surface area contributed by atoms with Crippen LogP contribution in [0.15, 0.2) is 0 Å². The van der Waals surface area contributed by atoms with Crippen LogP contribution in [0.25, 0.3) is 0 Å². The maximum atomic E-state index is 11.6. The molecule has 0 aromatic rings. The molecule has 0 saturated carbocycles. The molecule has 1 amide bonds. The highest BCUT2D eigenvalue weighted by atomic mass is 19.4. The molecule has 0 spiro atoms. The van der Waals surface area contributed by atoms with Crippen molar-refractivity contribution in [2.75, 3.05) is 6.61 Å². The zero-order valence-corrected chi connectivity index (χ0v) is 8.35. The van der Waals surface area contributed by atoms with E-state index in [1.54, 1.807) is 0 Å². The Bertz CT molecular complexity index is 240. The fraction of sp³-hybridized carbons (Fsp3) is 0.750. The number of amides is 1. The van der Waals surface area contributed by atoms with Crippen LogP contribution in [0.4, 0.5) is 13.2 Å². The van der Waals surface area contributed by atoms with Crippen molar-refractivity contribution in [3.05, 3.63) is 0 Å². The van der Waals surface area contributed by atoms with Crippen molar-refractivity contribution in [2.45, 2.75) is 32.5 Å². The Hall–Kier alpha value is -1.27. The van der Waals surface area contributed by atoms with E-state index in [4.69, 9.17) is 0 Å². The van der Waals surface area contributed by atoms with E-state index in [0.29, 0.717) is 0 Å². The monoisotopic (exact) mass is 227 g/mol. The lowest BCUT2D eigenvalue weighted by atomic mass is 10.2. The number of nitrogens with one attached hydrogen (secondary N) is 1. The van der Waals surface area contributed by atoms with E-state index in [-0.39, 0.29) is 12.3 Å². The molecule has 0 aliphatic heterocycles. The van der Waals surface area contributed by atoms with Gasteiger partial charge in [-0.1, -0.05) is 0 Å². The first-order chi connectivity index (χ1) is 6.70.